The molecule has 0 amide bonds. The summed E-state index contributed by atoms with van der Waals surface area (Å²) in [5, 5.41) is 8.81. The Morgan fingerprint density at radius 1 is 1.38 bits per heavy atom. The average molecular weight is 328 g/mol. The first kappa shape index (κ1) is 15.6. The molecule has 0 aliphatic rings. The van der Waals surface area contributed by atoms with Crippen molar-refractivity contribution in [3.63, 3.8) is 0 Å². The lowest BCUT2D eigenvalue weighted by Crippen LogP contribution is -2.18. The van der Waals surface area contributed by atoms with Gasteiger partial charge in [0, 0.05) is 12.6 Å². The number of nitrogens with one attached hydrogen (secondary N) is 2. The van der Waals surface area contributed by atoms with E-state index in [-0.39, 0.29) is 15.8 Å². The highest BCUT2D eigenvalue weighted by atomic mass is 32.2. The Hall–Kier alpha value is -1.78. The maximum atomic E-state index is 12.3. The Morgan fingerprint density at radius 2 is 2.14 bits per heavy atom. The largest absolute Gasteiger partial charge is 0.307 e. The molecule has 0 aromatic carbocycles. The molecule has 114 valence electrons. The third kappa shape index (κ3) is 3.86. The van der Waals surface area contributed by atoms with Gasteiger partial charge in [-0.1, -0.05) is 25.2 Å². The molecule has 2 aromatic heterocycles. The number of aromatic nitrogens is 3. The van der Waals surface area contributed by atoms with Gasteiger partial charge < -0.3 is 5.43 Å². The maximum Gasteiger partial charge on any atom is 0.267 e. The Kier molecular flexibility index (Phi) is 4.70. The SMILES string of the molecule is CC(C)Cc1nnc(NS(=O)(=O)c2cccnc2NN)s1. The number of nitrogens with zero attached hydrogens (tertiary/aromatic N) is 3. The fourth-order valence-corrected chi connectivity index (χ4v) is 3.92. The predicted molar refractivity (Wildman–Crippen MR) is 81.3 cm³/mol. The van der Waals surface area contributed by atoms with Crippen LogP contribution in [-0.2, 0) is 16.4 Å². The molecule has 0 fully saturated rings. The van der Waals surface area contributed by atoms with Gasteiger partial charge in [0.05, 0.1) is 0 Å². The van der Waals surface area contributed by atoms with Crippen LogP contribution in [0.25, 0.3) is 0 Å². The van der Waals surface area contributed by atoms with Crippen molar-refractivity contribution in [2.75, 3.05) is 10.1 Å². The van der Waals surface area contributed by atoms with Gasteiger partial charge in [-0.05, 0) is 18.1 Å². The number of rotatable bonds is 6. The van der Waals surface area contributed by atoms with Crippen molar-refractivity contribution < 1.29 is 8.42 Å². The fraction of sp³-hybridized carbons (Fsp3) is 0.364. The summed E-state index contributed by atoms with van der Waals surface area (Å²) >= 11 is 1.21. The van der Waals surface area contributed by atoms with E-state index in [2.05, 4.69) is 39.2 Å². The van der Waals surface area contributed by atoms with Crippen molar-refractivity contribution >= 4 is 32.3 Å². The van der Waals surface area contributed by atoms with Crippen LogP contribution in [0.1, 0.15) is 18.9 Å². The van der Waals surface area contributed by atoms with Crippen molar-refractivity contribution in [2.45, 2.75) is 25.2 Å². The van der Waals surface area contributed by atoms with Crippen LogP contribution in [-0.4, -0.2) is 23.6 Å². The second kappa shape index (κ2) is 6.33. The minimum absolute atomic E-state index is 0.0480. The van der Waals surface area contributed by atoms with E-state index in [1.807, 2.05) is 0 Å². The summed E-state index contributed by atoms with van der Waals surface area (Å²) < 4.78 is 27.0. The number of anilines is 2. The summed E-state index contributed by atoms with van der Waals surface area (Å²) in [5.74, 6) is 5.76. The van der Waals surface area contributed by atoms with Crippen molar-refractivity contribution in [3.05, 3.63) is 23.3 Å². The highest BCUT2D eigenvalue weighted by Crippen LogP contribution is 2.24. The van der Waals surface area contributed by atoms with E-state index in [1.165, 1.54) is 29.7 Å². The molecule has 0 aliphatic carbocycles. The lowest BCUT2D eigenvalue weighted by molar-refractivity contribution is 0.601. The summed E-state index contributed by atoms with van der Waals surface area (Å²) in [6.45, 7) is 4.11. The van der Waals surface area contributed by atoms with Crippen LogP contribution < -0.4 is 16.0 Å². The molecule has 2 aromatic rings. The Labute approximate surface area is 126 Å². The molecule has 0 saturated carbocycles. The zero-order valence-corrected chi connectivity index (χ0v) is 13.2. The fourth-order valence-electron chi connectivity index (χ4n) is 1.61. The molecule has 8 nitrogen and oxygen atoms in total. The van der Waals surface area contributed by atoms with Crippen molar-refractivity contribution in [1.82, 2.24) is 15.2 Å². The number of nitrogen functional groups attached to an aromatic ring is 1. The second-order valence-electron chi connectivity index (χ2n) is 4.70. The van der Waals surface area contributed by atoms with Gasteiger partial charge in [0.2, 0.25) is 5.13 Å². The normalized spacial score (nSPS) is 11.6. The quantitative estimate of drug-likeness (QED) is 0.538. The molecule has 0 spiro atoms. The van der Waals surface area contributed by atoms with Crippen LogP contribution in [0.3, 0.4) is 0 Å². The van der Waals surface area contributed by atoms with Crippen molar-refractivity contribution in [2.24, 2.45) is 11.8 Å². The molecule has 0 atom stereocenters. The summed E-state index contributed by atoms with van der Waals surface area (Å²) in [4.78, 5) is 3.81. The first-order valence-corrected chi connectivity index (χ1v) is 8.49. The van der Waals surface area contributed by atoms with E-state index in [0.717, 1.165) is 11.4 Å². The van der Waals surface area contributed by atoms with Gasteiger partial charge in [-0.15, -0.1) is 10.2 Å². The number of hydrazine groups is 1. The zero-order chi connectivity index (χ0) is 15.5. The molecular weight excluding hydrogens is 312 g/mol. The highest BCUT2D eigenvalue weighted by Gasteiger charge is 2.21. The molecule has 2 heterocycles. The topological polar surface area (TPSA) is 123 Å². The standard InChI is InChI=1S/C11H16N6O2S2/c1-7(2)6-9-15-16-11(20-9)17-21(18,19)8-4-3-5-13-10(8)14-12/h3-5,7H,6,12H2,1-2H3,(H,13,14)(H,16,17). The van der Waals surface area contributed by atoms with Crippen LogP contribution >= 0.6 is 11.3 Å². The smallest absolute Gasteiger partial charge is 0.267 e. The first-order chi connectivity index (χ1) is 9.92. The third-order valence-corrected chi connectivity index (χ3v) is 4.83. The van der Waals surface area contributed by atoms with E-state index in [9.17, 15) is 8.42 Å². The molecule has 2 rings (SSSR count). The lowest BCUT2D eigenvalue weighted by Gasteiger charge is -2.08. The summed E-state index contributed by atoms with van der Waals surface area (Å²) in [6.07, 6.45) is 2.20. The van der Waals surface area contributed by atoms with E-state index in [0.29, 0.717) is 5.92 Å². The summed E-state index contributed by atoms with van der Waals surface area (Å²) in [7, 11) is -3.82. The molecule has 10 heteroatoms. The molecule has 0 saturated heterocycles. The molecule has 0 bridgehead atoms. The number of nitrogens with two attached hydrogens (primary N) is 1. The molecule has 4 N–H and O–H groups in total. The Balaban J connectivity index is 2.23. The Morgan fingerprint density at radius 3 is 2.81 bits per heavy atom. The number of hydrogen-bond acceptors (Lipinski definition) is 8. The van der Waals surface area contributed by atoms with Gasteiger partial charge in [0.25, 0.3) is 10.0 Å². The third-order valence-electron chi connectivity index (χ3n) is 2.47. The van der Waals surface area contributed by atoms with Gasteiger partial charge >= 0.3 is 0 Å². The summed E-state index contributed by atoms with van der Waals surface area (Å²) in [5.41, 5.74) is 2.26. The van der Waals surface area contributed by atoms with Crippen LogP contribution in [0.5, 0.6) is 0 Å². The van der Waals surface area contributed by atoms with E-state index >= 15 is 0 Å². The monoisotopic (exact) mass is 328 g/mol. The number of hydrogen-bond donors (Lipinski definition) is 3. The van der Waals surface area contributed by atoms with Gasteiger partial charge in [0.15, 0.2) is 5.82 Å². The van der Waals surface area contributed by atoms with Gasteiger partial charge in [-0.2, -0.15) is 0 Å². The minimum atomic E-state index is -3.82. The van der Waals surface area contributed by atoms with Crippen molar-refractivity contribution in [3.8, 4) is 0 Å². The van der Waals surface area contributed by atoms with Gasteiger partial charge in [-0.25, -0.2) is 19.2 Å². The second-order valence-corrected chi connectivity index (χ2v) is 7.41. The van der Waals surface area contributed by atoms with E-state index < -0.39 is 10.0 Å². The maximum absolute atomic E-state index is 12.3. The van der Waals surface area contributed by atoms with Crippen LogP contribution in [0.4, 0.5) is 10.9 Å². The average Bonchev–Trinajstić information content (AvgIpc) is 2.84. The van der Waals surface area contributed by atoms with Crippen molar-refractivity contribution in [1.29, 1.82) is 0 Å². The predicted octanol–water partition coefficient (Wildman–Crippen LogP) is 1.22. The van der Waals surface area contributed by atoms with Crippen LogP contribution in [0.15, 0.2) is 23.2 Å². The van der Waals surface area contributed by atoms with E-state index in [4.69, 9.17) is 5.84 Å². The first-order valence-electron chi connectivity index (χ1n) is 6.19. The zero-order valence-electron chi connectivity index (χ0n) is 11.6. The molecule has 21 heavy (non-hydrogen) atoms. The van der Waals surface area contributed by atoms with Crippen LogP contribution in [0.2, 0.25) is 0 Å². The Bertz CT molecular complexity index is 713. The van der Waals surface area contributed by atoms with Crippen LogP contribution in [0, 0.1) is 5.92 Å². The number of pyridine rings is 1. The summed E-state index contributed by atoms with van der Waals surface area (Å²) in [6, 6.07) is 2.92. The molecular formula is C11H16N6O2S2. The highest BCUT2D eigenvalue weighted by molar-refractivity contribution is 7.93. The molecule has 0 radical (unpaired) electrons. The minimum Gasteiger partial charge on any atom is -0.307 e. The molecule has 0 unspecified atom stereocenters. The van der Waals surface area contributed by atoms with Gasteiger partial charge in [-0.3, -0.25) is 4.72 Å². The number of sulfonamides is 1. The lowest BCUT2D eigenvalue weighted by atomic mass is 10.1. The molecule has 0 aliphatic heterocycles. The van der Waals surface area contributed by atoms with E-state index in [1.54, 1.807) is 0 Å². The van der Waals surface area contributed by atoms with Gasteiger partial charge in [0.1, 0.15) is 9.90 Å².